The molecule has 12 heteroatoms. The number of anilines is 1. The fraction of sp³-hybridized carbons (Fsp3) is 0.381. The quantitative estimate of drug-likeness (QED) is 0.659. The second-order valence-electron chi connectivity index (χ2n) is 7.80. The van der Waals surface area contributed by atoms with E-state index in [1.807, 2.05) is 34.4 Å². The highest BCUT2D eigenvalue weighted by Crippen LogP contribution is 2.34. The van der Waals surface area contributed by atoms with Crippen LogP contribution in [0.15, 0.2) is 41.8 Å². The van der Waals surface area contributed by atoms with Crippen LogP contribution in [0.4, 0.5) is 23.2 Å². The third-order valence-electron chi connectivity index (χ3n) is 5.65. The predicted molar refractivity (Wildman–Crippen MR) is 113 cm³/mol. The first-order chi connectivity index (χ1) is 15.4. The maximum Gasteiger partial charge on any atom is 0.490 e. The molecule has 1 aromatic heterocycles. The van der Waals surface area contributed by atoms with Crippen molar-refractivity contribution in [1.82, 2.24) is 9.80 Å². The molecule has 2 aliphatic rings. The largest absolute Gasteiger partial charge is 0.490 e. The van der Waals surface area contributed by atoms with Crippen molar-refractivity contribution in [2.45, 2.75) is 18.1 Å². The Kier molecular flexibility index (Phi) is 7.08. The maximum absolute atomic E-state index is 13.6. The Labute approximate surface area is 190 Å². The summed E-state index contributed by atoms with van der Waals surface area (Å²) in [6.07, 6.45) is -4.29. The first kappa shape index (κ1) is 24.6. The number of alkyl halides is 3. The summed E-state index contributed by atoms with van der Waals surface area (Å²) in [5, 5.41) is 9.02. The summed E-state index contributed by atoms with van der Waals surface area (Å²) in [7, 11) is 1.93. The van der Waals surface area contributed by atoms with Gasteiger partial charge in [-0.05, 0) is 43.1 Å². The molecule has 0 aliphatic carbocycles. The molecule has 1 unspecified atom stereocenters. The van der Waals surface area contributed by atoms with Crippen molar-refractivity contribution >= 4 is 34.8 Å². The molecule has 0 saturated carbocycles. The smallest absolute Gasteiger partial charge is 0.475 e. The van der Waals surface area contributed by atoms with Crippen LogP contribution in [0.3, 0.4) is 0 Å². The molecule has 0 bridgehead atoms. The highest BCUT2D eigenvalue weighted by Gasteiger charge is 2.48. The van der Waals surface area contributed by atoms with Gasteiger partial charge in [0.05, 0.1) is 17.0 Å². The van der Waals surface area contributed by atoms with E-state index in [0.717, 1.165) is 11.3 Å². The monoisotopic (exact) mass is 487 g/mol. The SMILES string of the molecule is CN1CC(=O)N(c2cccc(F)c2)CC12CCN(C(=O)c1cccs1)C2.O=C(O)C(F)(F)F. The Balaban J connectivity index is 0.000000383. The van der Waals surface area contributed by atoms with E-state index in [2.05, 4.69) is 0 Å². The normalized spacial score (nSPS) is 21.2. The van der Waals surface area contributed by atoms with E-state index < -0.39 is 12.1 Å². The zero-order chi connectivity index (χ0) is 24.4. The van der Waals surface area contributed by atoms with Crippen LogP contribution in [-0.4, -0.2) is 77.6 Å². The van der Waals surface area contributed by atoms with Crippen molar-refractivity contribution in [3.05, 3.63) is 52.5 Å². The summed E-state index contributed by atoms with van der Waals surface area (Å²) >= 11 is 1.44. The van der Waals surface area contributed by atoms with Crippen molar-refractivity contribution < 1.29 is 37.1 Å². The van der Waals surface area contributed by atoms with Gasteiger partial charge in [0.2, 0.25) is 5.91 Å². The number of likely N-dealkylation sites (N-methyl/N-ethyl adjacent to an activating group) is 1. The third-order valence-corrected chi connectivity index (χ3v) is 6.51. The summed E-state index contributed by atoms with van der Waals surface area (Å²) < 4.78 is 45.4. The molecule has 1 aromatic carbocycles. The van der Waals surface area contributed by atoms with Crippen molar-refractivity contribution in [2.75, 3.05) is 38.1 Å². The summed E-state index contributed by atoms with van der Waals surface area (Å²) in [4.78, 5) is 40.4. The van der Waals surface area contributed by atoms with Crippen molar-refractivity contribution in [3.63, 3.8) is 0 Å². The molecule has 2 saturated heterocycles. The first-order valence-corrected chi connectivity index (χ1v) is 10.7. The standard InChI is InChI=1S/C19H20FN3O2S.C2HF3O2/c1-21-11-17(24)23(15-5-2-4-14(20)10-15)13-19(21)7-8-22(12-19)18(25)16-6-3-9-26-16;3-2(4,5)1(6)7/h2-6,9-10H,7-8,11-13H2,1H3;(H,6,7). The lowest BCUT2D eigenvalue weighted by Gasteiger charge is -2.46. The second-order valence-corrected chi connectivity index (χ2v) is 8.74. The van der Waals surface area contributed by atoms with E-state index in [4.69, 9.17) is 9.90 Å². The molecule has 33 heavy (non-hydrogen) atoms. The van der Waals surface area contributed by atoms with Gasteiger partial charge in [-0.25, -0.2) is 9.18 Å². The van der Waals surface area contributed by atoms with Crippen LogP contribution < -0.4 is 4.90 Å². The van der Waals surface area contributed by atoms with Crippen LogP contribution >= 0.6 is 11.3 Å². The number of likely N-dealkylation sites (tertiary alicyclic amines) is 1. The number of piperazine rings is 1. The predicted octanol–water partition coefficient (Wildman–Crippen LogP) is 3.08. The number of carbonyl (C=O) groups excluding carboxylic acids is 2. The number of rotatable bonds is 2. The molecule has 2 fully saturated rings. The van der Waals surface area contributed by atoms with Gasteiger partial charge in [-0.2, -0.15) is 13.2 Å². The number of carboxylic acids is 1. The van der Waals surface area contributed by atoms with E-state index in [1.165, 1.54) is 23.5 Å². The van der Waals surface area contributed by atoms with Crippen LogP contribution in [0, 0.1) is 5.82 Å². The van der Waals surface area contributed by atoms with Gasteiger partial charge >= 0.3 is 12.1 Å². The third kappa shape index (κ3) is 5.50. The van der Waals surface area contributed by atoms with Gasteiger partial charge in [0, 0.05) is 25.3 Å². The zero-order valence-corrected chi connectivity index (χ0v) is 18.3. The first-order valence-electron chi connectivity index (χ1n) is 9.83. The molecule has 4 rings (SSSR count). The number of aliphatic carboxylic acids is 1. The molecule has 1 N–H and O–H groups in total. The fourth-order valence-electron chi connectivity index (χ4n) is 3.86. The molecule has 2 aromatic rings. The average Bonchev–Trinajstić information content (AvgIpc) is 3.41. The van der Waals surface area contributed by atoms with Crippen LogP contribution in [-0.2, 0) is 9.59 Å². The Hall–Kier alpha value is -2.99. The molecule has 0 radical (unpaired) electrons. The fourth-order valence-corrected chi connectivity index (χ4v) is 4.56. The number of hydrogen-bond donors (Lipinski definition) is 1. The Morgan fingerprint density at radius 1 is 1.15 bits per heavy atom. The van der Waals surface area contributed by atoms with Crippen molar-refractivity contribution in [2.24, 2.45) is 0 Å². The highest BCUT2D eigenvalue weighted by atomic mass is 32.1. The van der Waals surface area contributed by atoms with Gasteiger partial charge in [0.25, 0.3) is 5.91 Å². The summed E-state index contributed by atoms with van der Waals surface area (Å²) in [6.45, 7) is 1.95. The van der Waals surface area contributed by atoms with E-state index in [9.17, 15) is 27.2 Å². The van der Waals surface area contributed by atoms with Gasteiger partial charge in [-0.3, -0.25) is 14.5 Å². The minimum Gasteiger partial charge on any atom is -0.475 e. The molecule has 3 heterocycles. The van der Waals surface area contributed by atoms with Gasteiger partial charge < -0.3 is 14.9 Å². The minimum atomic E-state index is -5.08. The van der Waals surface area contributed by atoms with E-state index in [0.29, 0.717) is 25.3 Å². The number of halogens is 4. The van der Waals surface area contributed by atoms with E-state index >= 15 is 0 Å². The van der Waals surface area contributed by atoms with Gasteiger partial charge in [0.1, 0.15) is 5.82 Å². The number of hydrogen-bond acceptors (Lipinski definition) is 5. The number of nitrogens with zero attached hydrogens (tertiary/aromatic N) is 3. The molecule has 7 nitrogen and oxygen atoms in total. The van der Waals surface area contributed by atoms with Crippen LogP contribution in [0.5, 0.6) is 0 Å². The average molecular weight is 487 g/mol. The Morgan fingerprint density at radius 3 is 2.42 bits per heavy atom. The summed E-state index contributed by atoms with van der Waals surface area (Å²) in [6, 6.07) is 9.84. The topological polar surface area (TPSA) is 81.2 Å². The molecule has 178 valence electrons. The Morgan fingerprint density at radius 2 is 1.85 bits per heavy atom. The molecular formula is C21H21F4N3O4S. The lowest BCUT2D eigenvalue weighted by Crippen LogP contribution is -2.64. The van der Waals surface area contributed by atoms with Gasteiger partial charge in [-0.15, -0.1) is 11.3 Å². The molecule has 1 atom stereocenters. The maximum atomic E-state index is 13.6. The van der Waals surface area contributed by atoms with Gasteiger partial charge in [-0.1, -0.05) is 12.1 Å². The summed E-state index contributed by atoms with van der Waals surface area (Å²) in [5.41, 5.74) is 0.276. The molecule has 2 aliphatic heterocycles. The van der Waals surface area contributed by atoms with Crippen LogP contribution in [0.1, 0.15) is 16.1 Å². The van der Waals surface area contributed by atoms with Crippen molar-refractivity contribution in [1.29, 1.82) is 0 Å². The molecular weight excluding hydrogens is 466 g/mol. The number of carboxylic acid groups (broad SMARTS) is 1. The lowest BCUT2D eigenvalue weighted by atomic mass is 9.92. The minimum absolute atomic E-state index is 0.0412. The van der Waals surface area contributed by atoms with E-state index in [-0.39, 0.29) is 29.7 Å². The number of carbonyl (C=O) groups is 3. The number of amides is 2. The highest BCUT2D eigenvalue weighted by molar-refractivity contribution is 7.12. The lowest BCUT2D eigenvalue weighted by molar-refractivity contribution is -0.192. The second kappa shape index (κ2) is 9.48. The zero-order valence-electron chi connectivity index (χ0n) is 17.5. The summed E-state index contributed by atoms with van der Waals surface area (Å²) in [5.74, 6) is -3.12. The number of benzene rings is 1. The van der Waals surface area contributed by atoms with Crippen LogP contribution in [0.25, 0.3) is 0 Å². The van der Waals surface area contributed by atoms with Gasteiger partial charge in [0.15, 0.2) is 0 Å². The van der Waals surface area contributed by atoms with Crippen molar-refractivity contribution in [3.8, 4) is 0 Å². The number of thiophene rings is 1. The van der Waals surface area contributed by atoms with E-state index in [1.54, 1.807) is 17.0 Å². The molecule has 2 amide bonds. The molecule has 1 spiro atoms. The Bertz CT molecular complexity index is 1030. The van der Waals surface area contributed by atoms with Crippen LogP contribution in [0.2, 0.25) is 0 Å².